The van der Waals surface area contributed by atoms with Gasteiger partial charge in [-0.05, 0) is 48.0 Å². The second kappa shape index (κ2) is 2.77. The third-order valence-corrected chi connectivity index (χ3v) is 5.60. The fraction of sp³-hybridized carbons (Fsp3) is 0.533. The fourth-order valence-electron chi connectivity index (χ4n) is 4.86. The number of aldehydes is 1. The van der Waals surface area contributed by atoms with Gasteiger partial charge < -0.3 is 4.79 Å². The van der Waals surface area contributed by atoms with Crippen LogP contribution in [0.15, 0.2) is 30.3 Å². The molecule has 4 fully saturated rings. The van der Waals surface area contributed by atoms with Crippen molar-refractivity contribution in [3.63, 3.8) is 0 Å². The van der Waals surface area contributed by atoms with Crippen LogP contribution in [-0.2, 0) is 4.79 Å². The number of carbonyl (C=O) groups excluding carboxylic acids is 1. The Hall–Kier alpha value is -1.11. The van der Waals surface area contributed by atoms with E-state index in [1.165, 1.54) is 31.1 Å². The standard InChI is InChI=1S/C15H16O/c16-9-11-7-15-8-12(11)14(15)6-13(15)10-4-2-1-3-5-10/h1-5,9,11-14H,6-8H2. The Bertz CT molecular complexity index is 438. The first-order chi connectivity index (χ1) is 7.85. The van der Waals surface area contributed by atoms with Gasteiger partial charge in [-0.25, -0.2) is 0 Å². The van der Waals surface area contributed by atoms with Gasteiger partial charge >= 0.3 is 0 Å². The van der Waals surface area contributed by atoms with Crippen LogP contribution >= 0.6 is 0 Å². The summed E-state index contributed by atoms with van der Waals surface area (Å²) in [7, 11) is 0. The van der Waals surface area contributed by atoms with Crippen molar-refractivity contribution in [2.24, 2.45) is 23.2 Å². The number of benzene rings is 1. The quantitative estimate of drug-likeness (QED) is 0.689. The second-order valence-electron chi connectivity index (χ2n) is 5.91. The first-order valence-corrected chi connectivity index (χ1v) is 6.35. The summed E-state index contributed by atoms with van der Waals surface area (Å²) in [5, 5.41) is 0. The molecule has 1 spiro atoms. The summed E-state index contributed by atoms with van der Waals surface area (Å²) < 4.78 is 0. The van der Waals surface area contributed by atoms with Crippen LogP contribution < -0.4 is 0 Å². The van der Waals surface area contributed by atoms with Crippen molar-refractivity contribution in [2.45, 2.75) is 25.2 Å². The van der Waals surface area contributed by atoms with Crippen LogP contribution in [-0.4, -0.2) is 6.29 Å². The van der Waals surface area contributed by atoms with E-state index in [9.17, 15) is 4.79 Å². The van der Waals surface area contributed by atoms with Crippen LogP contribution in [0, 0.1) is 23.2 Å². The monoisotopic (exact) mass is 212 g/mol. The Morgan fingerprint density at radius 3 is 2.69 bits per heavy atom. The van der Waals surface area contributed by atoms with Crippen LogP contribution in [0.25, 0.3) is 0 Å². The molecule has 1 aromatic carbocycles. The normalized spacial score (nSPS) is 47.8. The van der Waals surface area contributed by atoms with Crippen molar-refractivity contribution in [2.75, 3.05) is 0 Å². The molecule has 5 unspecified atom stereocenters. The molecule has 1 heteroatoms. The van der Waals surface area contributed by atoms with Gasteiger partial charge in [0, 0.05) is 5.92 Å². The average Bonchev–Trinajstić information content (AvgIpc) is 2.82. The number of hydrogen-bond donors (Lipinski definition) is 0. The van der Waals surface area contributed by atoms with Crippen LogP contribution in [0.5, 0.6) is 0 Å². The van der Waals surface area contributed by atoms with Gasteiger partial charge in [0.05, 0.1) is 0 Å². The molecule has 0 amide bonds. The molecule has 0 aliphatic heterocycles. The maximum atomic E-state index is 11.0. The first-order valence-electron chi connectivity index (χ1n) is 6.35. The zero-order valence-electron chi connectivity index (χ0n) is 9.30. The predicted octanol–water partition coefficient (Wildman–Crippen LogP) is 3.02. The molecule has 1 aromatic rings. The van der Waals surface area contributed by atoms with Crippen LogP contribution in [0.1, 0.15) is 30.7 Å². The Morgan fingerprint density at radius 1 is 1.19 bits per heavy atom. The van der Waals surface area contributed by atoms with Gasteiger partial charge in [-0.3, -0.25) is 0 Å². The number of fused-ring (bicyclic) bond motifs is 1. The van der Waals surface area contributed by atoms with Crippen LogP contribution in [0.2, 0.25) is 0 Å². The summed E-state index contributed by atoms with van der Waals surface area (Å²) in [6, 6.07) is 10.9. The van der Waals surface area contributed by atoms with Crippen molar-refractivity contribution < 1.29 is 4.79 Å². The van der Waals surface area contributed by atoms with E-state index in [4.69, 9.17) is 0 Å². The summed E-state index contributed by atoms with van der Waals surface area (Å²) in [5.74, 6) is 2.77. The summed E-state index contributed by atoms with van der Waals surface area (Å²) in [4.78, 5) is 11.0. The Labute approximate surface area is 95.9 Å². The molecule has 0 N–H and O–H groups in total. The van der Waals surface area contributed by atoms with E-state index in [-0.39, 0.29) is 0 Å². The smallest absolute Gasteiger partial charge is 0.123 e. The summed E-state index contributed by atoms with van der Waals surface area (Å²) >= 11 is 0. The largest absolute Gasteiger partial charge is 0.303 e. The number of hydrogen-bond acceptors (Lipinski definition) is 1. The summed E-state index contributed by atoms with van der Waals surface area (Å²) in [6.45, 7) is 0. The fourth-order valence-corrected chi connectivity index (χ4v) is 4.86. The zero-order chi connectivity index (χ0) is 10.8. The van der Waals surface area contributed by atoms with Crippen LogP contribution in [0.3, 0.4) is 0 Å². The third-order valence-electron chi connectivity index (χ3n) is 5.60. The minimum absolute atomic E-state index is 0.388. The van der Waals surface area contributed by atoms with Crippen molar-refractivity contribution in [3.8, 4) is 0 Å². The average molecular weight is 212 g/mol. The lowest BCUT2D eigenvalue weighted by Crippen LogP contribution is -2.54. The minimum atomic E-state index is 0.388. The molecular weight excluding hydrogens is 196 g/mol. The van der Waals surface area contributed by atoms with Gasteiger partial charge in [0.1, 0.15) is 6.29 Å². The third kappa shape index (κ3) is 0.829. The molecule has 5 atom stereocenters. The second-order valence-corrected chi connectivity index (χ2v) is 5.91. The highest BCUT2D eigenvalue weighted by molar-refractivity contribution is 5.58. The highest BCUT2D eigenvalue weighted by Gasteiger charge is 2.72. The predicted molar refractivity (Wildman–Crippen MR) is 62.0 cm³/mol. The van der Waals surface area contributed by atoms with E-state index >= 15 is 0 Å². The molecule has 4 saturated carbocycles. The molecular formula is C15H16O. The molecule has 0 saturated heterocycles. The zero-order valence-corrected chi connectivity index (χ0v) is 9.30. The van der Waals surface area contributed by atoms with E-state index in [2.05, 4.69) is 30.3 Å². The lowest BCUT2D eigenvalue weighted by Gasteiger charge is -2.63. The Balaban J connectivity index is 1.66. The van der Waals surface area contributed by atoms with E-state index in [0.29, 0.717) is 11.3 Å². The molecule has 0 heterocycles. The molecule has 1 nitrogen and oxygen atoms in total. The minimum Gasteiger partial charge on any atom is -0.303 e. The highest BCUT2D eigenvalue weighted by Crippen LogP contribution is 2.79. The highest BCUT2D eigenvalue weighted by atomic mass is 16.1. The molecule has 82 valence electrons. The van der Waals surface area contributed by atoms with Crippen molar-refractivity contribution >= 4 is 6.29 Å². The molecule has 5 rings (SSSR count). The van der Waals surface area contributed by atoms with Gasteiger partial charge in [0.2, 0.25) is 0 Å². The Kier molecular flexibility index (Phi) is 1.55. The number of rotatable bonds is 2. The van der Waals surface area contributed by atoms with Crippen molar-refractivity contribution in [1.29, 1.82) is 0 Å². The lowest BCUT2D eigenvalue weighted by atomic mass is 9.41. The summed E-state index contributed by atoms with van der Waals surface area (Å²) in [5.41, 5.74) is 2.04. The molecule has 0 radical (unpaired) electrons. The van der Waals surface area contributed by atoms with Gasteiger partial charge in [-0.2, -0.15) is 0 Å². The van der Waals surface area contributed by atoms with E-state index in [1.54, 1.807) is 0 Å². The summed E-state index contributed by atoms with van der Waals surface area (Å²) in [6.07, 6.45) is 5.05. The van der Waals surface area contributed by atoms with Crippen LogP contribution in [0.4, 0.5) is 0 Å². The Morgan fingerprint density at radius 2 is 2.00 bits per heavy atom. The maximum Gasteiger partial charge on any atom is 0.123 e. The molecule has 16 heavy (non-hydrogen) atoms. The van der Waals surface area contributed by atoms with Crippen molar-refractivity contribution in [1.82, 2.24) is 0 Å². The molecule has 0 aromatic heterocycles. The SMILES string of the molecule is O=CC1CC23CC1C2CC3c1ccccc1. The van der Waals surface area contributed by atoms with Gasteiger partial charge in [0.15, 0.2) is 0 Å². The van der Waals surface area contributed by atoms with Gasteiger partial charge in [0.25, 0.3) is 0 Å². The first kappa shape index (κ1) is 8.98. The van der Waals surface area contributed by atoms with E-state index in [0.717, 1.165) is 17.8 Å². The topological polar surface area (TPSA) is 17.1 Å². The molecule has 2 bridgehead atoms. The molecule has 4 aliphatic carbocycles. The lowest BCUT2D eigenvalue weighted by molar-refractivity contribution is -0.116. The van der Waals surface area contributed by atoms with Crippen molar-refractivity contribution in [3.05, 3.63) is 35.9 Å². The van der Waals surface area contributed by atoms with Gasteiger partial charge in [-0.1, -0.05) is 30.3 Å². The maximum absolute atomic E-state index is 11.0. The molecule has 4 aliphatic rings. The van der Waals surface area contributed by atoms with E-state index in [1.807, 2.05) is 0 Å². The van der Waals surface area contributed by atoms with E-state index < -0.39 is 0 Å². The number of carbonyl (C=O) groups is 1. The van der Waals surface area contributed by atoms with Gasteiger partial charge in [-0.15, -0.1) is 0 Å².